The fraction of sp³-hybridized carbons (Fsp3) is 0.444. The monoisotopic (exact) mass is 121 g/mol. The van der Waals surface area contributed by atoms with Gasteiger partial charge in [0.2, 0.25) is 0 Å². The molecule has 0 amide bonds. The van der Waals surface area contributed by atoms with Crippen LogP contribution in [0.3, 0.4) is 0 Å². The molecule has 0 atom stereocenters. The van der Waals surface area contributed by atoms with Crippen molar-refractivity contribution in [3.63, 3.8) is 0 Å². The summed E-state index contributed by atoms with van der Waals surface area (Å²) in [7, 11) is 0. The van der Waals surface area contributed by atoms with E-state index in [2.05, 4.69) is 37.6 Å². The van der Waals surface area contributed by atoms with Gasteiger partial charge in [0.1, 0.15) is 0 Å². The van der Waals surface area contributed by atoms with Crippen LogP contribution in [0.5, 0.6) is 0 Å². The lowest BCUT2D eigenvalue weighted by Gasteiger charge is -2.00. The largest absolute Gasteiger partial charge is 0.0827 e. The van der Waals surface area contributed by atoms with Gasteiger partial charge in [-0.2, -0.15) is 0 Å². The molecule has 0 heterocycles. The molecule has 0 aliphatic heterocycles. The average molecular weight is 121 g/mol. The average Bonchev–Trinajstić information content (AvgIpc) is 1.91. The van der Waals surface area contributed by atoms with Crippen LogP contribution < -0.4 is 0 Å². The van der Waals surface area contributed by atoms with Crippen LogP contribution in [0.15, 0.2) is 24.3 Å². The first-order valence-corrected chi connectivity index (χ1v) is 3.62. The van der Waals surface area contributed by atoms with Crippen LogP contribution in [-0.2, 0) is 0 Å². The number of hydrogen-bond acceptors (Lipinski definition) is 0. The van der Waals surface area contributed by atoms with E-state index >= 15 is 0 Å². The number of hydrogen-bond donors (Lipinski definition) is 0. The Morgan fingerprint density at radius 3 is 2.56 bits per heavy atom. The first kappa shape index (κ1) is 6.47. The molecule has 0 aromatic carbocycles. The van der Waals surface area contributed by atoms with Crippen molar-refractivity contribution >= 4 is 0 Å². The van der Waals surface area contributed by atoms with Gasteiger partial charge < -0.3 is 0 Å². The molecule has 0 saturated heterocycles. The molecule has 0 saturated carbocycles. The highest BCUT2D eigenvalue weighted by molar-refractivity contribution is 5.18. The Hall–Kier alpha value is -0.650. The Morgan fingerprint density at radius 1 is 1.33 bits per heavy atom. The normalized spacial score (nSPS) is 17.9. The van der Waals surface area contributed by atoms with Gasteiger partial charge in [0.25, 0.3) is 0 Å². The molecule has 0 unspecified atom stereocenters. The fourth-order valence-electron chi connectivity index (χ4n) is 1.07. The van der Waals surface area contributed by atoms with Crippen LogP contribution in [0.25, 0.3) is 0 Å². The van der Waals surface area contributed by atoms with E-state index in [-0.39, 0.29) is 0 Å². The van der Waals surface area contributed by atoms with Crippen molar-refractivity contribution < 1.29 is 0 Å². The lowest BCUT2D eigenvalue weighted by Crippen LogP contribution is -1.93. The Kier molecular flexibility index (Phi) is 2.44. The second-order valence-electron chi connectivity index (χ2n) is 2.41. The molecule has 0 N–H and O–H groups in total. The molecule has 1 aliphatic rings. The van der Waals surface area contributed by atoms with Crippen LogP contribution in [0.4, 0.5) is 0 Å². The zero-order valence-corrected chi connectivity index (χ0v) is 5.88. The summed E-state index contributed by atoms with van der Waals surface area (Å²) in [6.45, 7) is 2.22. The third-order valence-electron chi connectivity index (χ3n) is 1.56. The number of rotatable bonds is 2. The third kappa shape index (κ3) is 1.96. The van der Waals surface area contributed by atoms with E-state index in [0.29, 0.717) is 5.92 Å². The summed E-state index contributed by atoms with van der Waals surface area (Å²) in [5.41, 5.74) is 0. The van der Waals surface area contributed by atoms with Crippen molar-refractivity contribution in [2.75, 3.05) is 0 Å². The van der Waals surface area contributed by atoms with Crippen molar-refractivity contribution in [2.45, 2.75) is 19.8 Å². The van der Waals surface area contributed by atoms with Crippen LogP contribution >= 0.6 is 0 Å². The highest BCUT2D eigenvalue weighted by atomic mass is 14.0. The van der Waals surface area contributed by atoms with Gasteiger partial charge in [0.05, 0.1) is 5.92 Å². The maximum atomic E-state index is 2.25. The van der Waals surface area contributed by atoms with Gasteiger partial charge in [0, 0.05) is 30.7 Å². The van der Waals surface area contributed by atoms with E-state index < -0.39 is 0 Å². The smallest absolute Gasteiger partial charge is 0.0653 e. The molecule has 1 rings (SSSR count). The van der Waals surface area contributed by atoms with Gasteiger partial charge in [-0.1, -0.05) is 13.3 Å². The molecule has 0 nitrogen and oxygen atoms in total. The topological polar surface area (TPSA) is 0 Å². The Balaban J connectivity index is 2.31. The summed E-state index contributed by atoms with van der Waals surface area (Å²) in [4.78, 5) is 0. The molecule has 9 heavy (non-hydrogen) atoms. The standard InChI is InChI=1S/C9H13/c1-2-6-9-7-4-3-5-8-9/h3-5,7-9H,2,6H2,1H3/q+1. The van der Waals surface area contributed by atoms with Crippen molar-refractivity contribution in [3.05, 3.63) is 30.7 Å². The minimum atomic E-state index is 0.708. The van der Waals surface area contributed by atoms with E-state index in [9.17, 15) is 0 Å². The summed E-state index contributed by atoms with van der Waals surface area (Å²) < 4.78 is 0. The molecule has 0 aromatic heterocycles. The zero-order chi connectivity index (χ0) is 6.53. The zero-order valence-electron chi connectivity index (χ0n) is 5.88. The summed E-state index contributed by atoms with van der Waals surface area (Å²) in [6, 6.07) is 0. The molecule has 0 radical (unpaired) electrons. The van der Waals surface area contributed by atoms with Gasteiger partial charge in [0.15, 0.2) is 0 Å². The second kappa shape index (κ2) is 3.39. The van der Waals surface area contributed by atoms with Crippen molar-refractivity contribution in [1.82, 2.24) is 0 Å². The predicted molar refractivity (Wildman–Crippen MR) is 41.0 cm³/mol. The Morgan fingerprint density at radius 2 is 2.00 bits per heavy atom. The predicted octanol–water partition coefficient (Wildman–Crippen LogP) is 2.73. The van der Waals surface area contributed by atoms with Crippen LogP contribution in [0.2, 0.25) is 0 Å². The molecule has 48 valence electrons. The molecular weight excluding hydrogens is 108 g/mol. The van der Waals surface area contributed by atoms with E-state index in [1.54, 1.807) is 0 Å². The molecular formula is C9H13+. The summed E-state index contributed by atoms with van der Waals surface area (Å²) in [5, 5.41) is 0. The first-order valence-electron chi connectivity index (χ1n) is 3.62. The molecule has 0 bridgehead atoms. The molecule has 1 aliphatic carbocycles. The van der Waals surface area contributed by atoms with E-state index in [1.165, 1.54) is 12.8 Å². The minimum Gasteiger partial charge on any atom is -0.0653 e. The van der Waals surface area contributed by atoms with Gasteiger partial charge >= 0.3 is 0 Å². The molecule has 0 spiro atoms. The quantitative estimate of drug-likeness (QED) is 0.493. The Labute approximate surface area is 57.3 Å². The number of allylic oxidation sites excluding steroid dienone is 4. The lowest BCUT2D eigenvalue weighted by atomic mass is 9.99. The van der Waals surface area contributed by atoms with Crippen molar-refractivity contribution in [1.29, 1.82) is 0 Å². The summed E-state index contributed by atoms with van der Waals surface area (Å²) in [6.07, 6.45) is 13.4. The SMILES string of the molecule is CCCC1C=C[CH+]C=C1. The van der Waals surface area contributed by atoms with Gasteiger partial charge in [-0.3, -0.25) is 0 Å². The fourth-order valence-corrected chi connectivity index (χ4v) is 1.07. The van der Waals surface area contributed by atoms with Crippen LogP contribution in [-0.4, -0.2) is 0 Å². The maximum Gasteiger partial charge on any atom is 0.0827 e. The maximum absolute atomic E-state index is 2.25. The first-order chi connectivity index (χ1) is 4.43. The third-order valence-corrected chi connectivity index (χ3v) is 1.56. The summed E-state index contributed by atoms with van der Waals surface area (Å²) >= 11 is 0. The molecule has 0 heteroatoms. The van der Waals surface area contributed by atoms with Gasteiger partial charge in [-0.05, 0) is 6.42 Å². The van der Waals surface area contributed by atoms with Crippen molar-refractivity contribution in [3.8, 4) is 0 Å². The molecule has 0 fully saturated rings. The highest BCUT2D eigenvalue weighted by Gasteiger charge is 2.06. The van der Waals surface area contributed by atoms with E-state index in [4.69, 9.17) is 0 Å². The summed E-state index contributed by atoms with van der Waals surface area (Å²) in [5.74, 6) is 0.708. The van der Waals surface area contributed by atoms with Crippen molar-refractivity contribution in [2.24, 2.45) is 5.92 Å². The van der Waals surface area contributed by atoms with E-state index in [0.717, 1.165) is 0 Å². The molecule has 0 aromatic rings. The van der Waals surface area contributed by atoms with E-state index in [1.807, 2.05) is 0 Å². The van der Waals surface area contributed by atoms with Gasteiger partial charge in [-0.25, -0.2) is 0 Å². The Bertz CT molecular complexity index is 108. The second-order valence-corrected chi connectivity index (χ2v) is 2.41. The van der Waals surface area contributed by atoms with Crippen LogP contribution in [0, 0.1) is 12.3 Å². The minimum absolute atomic E-state index is 0.708. The van der Waals surface area contributed by atoms with Gasteiger partial charge in [-0.15, -0.1) is 0 Å². The van der Waals surface area contributed by atoms with Crippen LogP contribution in [0.1, 0.15) is 19.8 Å². The highest BCUT2D eigenvalue weighted by Crippen LogP contribution is 2.13. The lowest BCUT2D eigenvalue weighted by molar-refractivity contribution is 0.687.